The van der Waals surface area contributed by atoms with Crippen LogP contribution in [0.4, 0.5) is 4.39 Å². The largest absolute Gasteiger partial charge is 0.304 e. The first-order valence-corrected chi connectivity index (χ1v) is 6.93. The second kappa shape index (κ2) is 3.01. The fourth-order valence-corrected chi connectivity index (χ4v) is 3.72. The Kier molecular flexibility index (Phi) is 2.47. The zero-order valence-corrected chi connectivity index (χ0v) is 8.13. The molecule has 10 heavy (non-hydrogen) atoms. The Bertz CT molecular complexity index is 118. The topological polar surface area (TPSA) is 3.24 Å². The maximum absolute atomic E-state index is 12.8. The van der Waals surface area contributed by atoms with Crippen LogP contribution in [0.1, 0.15) is 6.42 Å². The number of hydrogen-bond donors (Lipinski definition) is 0. The number of halogens is 1. The van der Waals surface area contributed by atoms with E-state index in [0.29, 0.717) is 12.2 Å². The lowest BCUT2D eigenvalue weighted by atomic mass is 10.3. The summed E-state index contributed by atoms with van der Waals surface area (Å²) >= 11 is 0. The van der Waals surface area contributed by atoms with Gasteiger partial charge in [0.05, 0.1) is 8.80 Å². The molecule has 0 saturated carbocycles. The molecule has 0 radical (unpaired) electrons. The first kappa shape index (κ1) is 8.21. The van der Waals surface area contributed by atoms with Crippen molar-refractivity contribution in [1.82, 2.24) is 4.90 Å². The summed E-state index contributed by atoms with van der Waals surface area (Å²) in [5.41, 5.74) is 0.606. The first-order chi connectivity index (χ1) is 4.61. The third kappa shape index (κ3) is 1.58. The average Bonchev–Trinajstić information content (AvgIpc) is 2.10. The summed E-state index contributed by atoms with van der Waals surface area (Å²) in [5.74, 6) is 0. The maximum atomic E-state index is 12.8. The zero-order valence-electron chi connectivity index (χ0n) is 6.97. The van der Waals surface area contributed by atoms with Crippen molar-refractivity contribution in [2.75, 3.05) is 13.6 Å². The van der Waals surface area contributed by atoms with Crippen molar-refractivity contribution in [3.05, 3.63) is 0 Å². The molecule has 0 N–H and O–H groups in total. The first-order valence-electron chi connectivity index (χ1n) is 3.95. The zero-order chi connectivity index (χ0) is 7.72. The van der Waals surface area contributed by atoms with E-state index >= 15 is 0 Å². The standard InChI is InChI=1S/C7H16FNSi/c1-9-5-6(8)4-7(9)10(2)3/h6-7,10H,4-5H2,1-3H3/t6-,7?/m1/s1. The molecule has 1 unspecified atom stereocenters. The van der Waals surface area contributed by atoms with Crippen LogP contribution in [0.2, 0.25) is 13.1 Å². The van der Waals surface area contributed by atoms with E-state index in [1.165, 1.54) is 0 Å². The van der Waals surface area contributed by atoms with Crippen molar-refractivity contribution in [3.8, 4) is 0 Å². The van der Waals surface area contributed by atoms with Crippen molar-refractivity contribution in [2.45, 2.75) is 31.4 Å². The van der Waals surface area contributed by atoms with Gasteiger partial charge in [-0.05, 0) is 13.5 Å². The Morgan fingerprint density at radius 3 is 2.30 bits per heavy atom. The number of nitrogens with zero attached hydrogens (tertiary/aromatic N) is 1. The van der Waals surface area contributed by atoms with Crippen LogP contribution in [0, 0.1) is 0 Å². The number of rotatable bonds is 1. The van der Waals surface area contributed by atoms with E-state index in [-0.39, 0.29) is 0 Å². The van der Waals surface area contributed by atoms with E-state index in [2.05, 4.69) is 18.0 Å². The predicted octanol–water partition coefficient (Wildman–Crippen LogP) is 1.05. The molecule has 1 rings (SSSR count). The Morgan fingerprint density at radius 2 is 2.10 bits per heavy atom. The van der Waals surface area contributed by atoms with Gasteiger partial charge in [-0.2, -0.15) is 0 Å². The van der Waals surface area contributed by atoms with E-state index in [0.717, 1.165) is 6.42 Å². The Hall–Kier alpha value is 0.107. The SMILES string of the molecule is CN1C[C@H](F)CC1[SiH](C)C. The highest BCUT2D eigenvalue weighted by Gasteiger charge is 2.31. The van der Waals surface area contributed by atoms with Crippen LogP contribution in [-0.2, 0) is 0 Å². The van der Waals surface area contributed by atoms with Gasteiger partial charge >= 0.3 is 0 Å². The van der Waals surface area contributed by atoms with Gasteiger partial charge in [0, 0.05) is 12.2 Å². The minimum absolute atomic E-state index is 0.551. The van der Waals surface area contributed by atoms with Crippen LogP contribution >= 0.6 is 0 Å². The molecule has 0 bridgehead atoms. The summed E-state index contributed by atoms with van der Waals surface area (Å²) < 4.78 is 12.8. The van der Waals surface area contributed by atoms with Crippen molar-refractivity contribution < 1.29 is 4.39 Å². The third-order valence-electron chi connectivity index (χ3n) is 2.32. The van der Waals surface area contributed by atoms with E-state index in [1.54, 1.807) is 0 Å². The molecule has 1 heterocycles. The quantitative estimate of drug-likeness (QED) is 0.520. The third-order valence-corrected chi connectivity index (χ3v) is 4.64. The highest BCUT2D eigenvalue weighted by atomic mass is 28.3. The van der Waals surface area contributed by atoms with Crippen LogP contribution in [-0.4, -0.2) is 39.1 Å². The van der Waals surface area contributed by atoms with Crippen molar-refractivity contribution in [2.24, 2.45) is 0 Å². The van der Waals surface area contributed by atoms with Gasteiger partial charge in [-0.1, -0.05) is 13.1 Å². The van der Waals surface area contributed by atoms with E-state index in [4.69, 9.17) is 0 Å². The van der Waals surface area contributed by atoms with Gasteiger partial charge in [0.2, 0.25) is 0 Å². The molecule has 1 nitrogen and oxygen atoms in total. The minimum atomic E-state index is -0.633. The predicted molar refractivity (Wildman–Crippen MR) is 44.8 cm³/mol. The van der Waals surface area contributed by atoms with Gasteiger partial charge in [-0.15, -0.1) is 0 Å². The van der Waals surface area contributed by atoms with Crippen molar-refractivity contribution >= 4 is 8.80 Å². The molecule has 2 atom stereocenters. The molecular formula is C7H16FNSi. The lowest BCUT2D eigenvalue weighted by molar-refractivity contribution is 0.316. The summed E-state index contributed by atoms with van der Waals surface area (Å²) in [6, 6.07) is 0. The molecule has 0 spiro atoms. The highest BCUT2D eigenvalue weighted by Crippen LogP contribution is 2.20. The Labute approximate surface area is 63.8 Å². The van der Waals surface area contributed by atoms with Crippen molar-refractivity contribution in [3.63, 3.8) is 0 Å². The van der Waals surface area contributed by atoms with Gasteiger partial charge in [0.25, 0.3) is 0 Å². The number of alkyl halides is 1. The Morgan fingerprint density at radius 1 is 1.50 bits per heavy atom. The normalized spacial score (nSPS) is 35.7. The van der Waals surface area contributed by atoms with E-state index in [1.807, 2.05) is 7.05 Å². The maximum Gasteiger partial charge on any atom is 0.114 e. The smallest absolute Gasteiger partial charge is 0.114 e. The lowest BCUT2D eigenvalue weighted by Gasteiger charge is -2.21. The average molecular weight is 161 g/mol. The van der Waals surface area contributed by atoms with Gasteiger partial charge < -0.3 is 4.90 Å². The van der Waals surface area contributed by atoms with Crippen LogP contribution in [0.3, 0.4) is 0 Å². The molecular weight excluding hydrogens is 145 g/mol. The van der Waals surface area contributed by atoms with Gasteiger partial charge in [0.15, 0.2) is 0 Å². The van der Waals surface area contributed by atoms with Crippen LogP contribution < -0.4 is 0 Å². The fourth-order valence-electron chi connectivity index (χ4n) is 1.75. The van der Waals surface area contributed by atoms with Crippen LogP contribution in [0.25, 0.3) is 0 Å². The highest BCUT2D eigenvalue weighted by molar-refractivity contribution is 6.57. The molecule has 60 valence electrons. The summed E-state index contributed by atoms with van der Waals surface area (Å²) in [5, 5.41) is 0. The molecule has 0 aromatic rings. The molecule has 1 fully saturated rings. The summed E-state index contributed by atoms with van der Waals surface area (Å²) in [7, 11) is 1.41. The number of hydrogen-bond acceptors (Lipinski definition) is 1. The second-order valence-corrected chi connectivity index (χ2v) is 6.84. The molecule has 1 aliphatic heterocycles. The lowest BCUT2D eigenvalue weighted by Crippen LogP contribution is -2.35. The van der Waals surface area contributed by atoms with E-state index in [9.17, 15) is 4.39 Å². The van der Waals surface area contributed by atoms with Crippen molar-refractivity contribution in [1.29, 1.82) is 0 Å². The molecule has 0 aromatic carbocycles. The second-order valence-electron chi connectivity index (χ2n) is 3.58. The van der Waals surface area contributed by atoms with Crippen LogP contribution in [0.15, 0.2) is 0 Å². The molecule has 1 saturated heterocycles. The molecule has 3 heteroatoms. The summed E-state index contributed by atoms with van der Waals surface area (Å²) in [6.45, 7) is 5.24. The van der Waals surface area contributed by atoms with Crippen LogP contribution in [0.5, 0.6) is 0 Å². The number of likely N-dealkylation sites (tertiary alicyclic amines) is 1. The minimum Gasteiger partial charge on any atom is -0.304 e. The Balaban J connectivity index is 2.46. The summed E-state index contributed by atoms with van der Waals surface area (Å²) in [4.78, 5) is 2.18. The fraction of sp³-hybridized carbons (Fsp3) is 1.00. The van der Waals surface area contributed by atoms with Gasteiger partial charge in [-0.25, -0.2) is 4.39 Å². The van der Waals surface area contributed by atoms with E-state index < -0.39 is 15.0 Å². The molecule has 1 aliphatic rings. The monoisotopic (exact) mass is 161 g/mol. The molecule has 0 aromatic heterocycles. The van der Waals surface area contributed by atoms with Gasteiger partial charge in [-0.3, -0.25) is 0 Å². The molecule has 0 amide bonds. The summed E-state index contributed by atoms with van der Waals surface area (Å²) in [6.07, 6.45) is 0.241. The van der Waals surface area contributed by atoms with Gasteiger partial charge in [0.1, 0.15) is 6.17 Å². The molecule has 0 aliphatic carbocycles.